The summed E-state index contributed by atoms with van der Waals surface area (Å²) < 4.78 is 10.1. The number of oxazole rings is 1. The van der Waals surface area contributed by atoms with Crippen LogP contribution in [0.25, 0.3) is 11.1 Å². The highest BCUT2D eigenvalue weighted by atomic mass is 16.5. The Morgan fingerprint density at radius 2 is 2.21 bits per heavy atom. The van der Waals surface area contributed by atoms with Crippen molar-refractivity contribution in [2.75, 3.05) is 13.2 Å². The van der Waals surface area contributed by atoms with E-state index in [1.807, 2.05) is 0 Å². The van der Waals surface area contributed by atoms with Gasteiger partial charge in [-0.25, -0.2) is 4.79 Å². The Balaban J connectivity index is 2.11. The molecule has 7 heteroatoms. The van der Waals surface area contributed by atoms with Crippen LogP contribution in [0.2, 0.25) is 0 Å². The molecule has 0 radical (unpaired) electrons. The van der Waals surface area contributed by atoms with Gasteiger partial charge in [-0.05, 0) is 17.7 Å². The van der Waals surface area contributed by atoms with Crippen LogP contribution in [0, 0.1) is 0 Å². The smallest absolute Gasteiger partial charge is 0.417 e. The Labute approximate surface area is 107 Å². The summed E-state index contributed by atoms with van der Waals surface area (Å²) in [7, 11) is 0. The van der Waals surface area contributed by atoms with Crippen molar-refractivity contribution in [1.82, 2.24) is 4.98 Å². The van der Waals surface area contributed by atoms with Gasteiger partial charge in [0.2, 0.25) is 0 Å². The number of nitrogens with one attached hydrogen (secondary N) is 1. The van der Waals surface area contributed by atoms with E-state index in [1.165, 1.54) is 0 Å². The Hall–Kier alpha value is -2.12. The van der Waals surface area contributed by atoms with Crippen molar-refractivity contribution in [3.63, 3.8) is 0 Å². The molecular formula is C12H12N2O5. The van der Waals surface area contributed by atoms with Gasteiger partial charge < -0.3 is 20.0 Å². The van der Waals surface area contributed by atoms with E-state index >= 15 is 0 Å². The van der Waals surface area contributed by atoms with Crippen LogP contribution in [0.5, 0.6) is 0 Å². The molecule has 100 valence electrons. The lowest BCUT2D eigenvalue weighted by Crippen LogP contribution is -2.61. The number of rotatable bonds is 3. The van der Waals surface area contributed by atoms with E-state index in [9.17, 15) is 9.59 Å². The zero-order chi connectivity index (χ0) is 13.6. The van der Waals surface area contributed by atoms with E-state index in [0.717, 1.165) is 0 Å². The second kappa shape index (κ2) is 3.94. The standard InChI is InChI=1S/C12H12N2O5/c13-9(10(15)16)12(4-18-5-12)6-1-2-7-8(3-6)19-11(17)14-7/h1-3,9H,4-5,13H2,(H,14,17)(H,15,16). The third-order valence-corrected chi connectivity index (χ3v) is 3.58. The summed E-state index contributed by atoms with van der Waals surface area (Å²) >= 11 is 0. The molecule has 0 amide bonds. The fraction of sp³-hybridized carbons (Fsp3) is 0.333. The second-order valence-corrected chi connectivity index (χ2v) is 4.69. The lowest BCUT2D eigenvalue weighted by Gasteiger charge is -2.44. The van der Waals surface area contributed by atoms with E-state index < -0.39 is 23.2 Å². The molecule has 1 aromatic carbocycles. The minimum Gasteiger partial charge on any atom is -0.480 e. The van der Waals surface area contributed by atoms with Crippen LogP contribution in [0.4, 0.5) is 0 Å². The van der Waals surface area contributed by atoms with Crippen LogP contribution < -0.4 is 11.5 Å². The maximum absolute atomic E-state index is 11.1. The number of hydrogen-bond donors (Lipinski definition) is 3. The summed E-state index contributed by atoms with van der Waals surface area (Å²) in [6.45, 7) is 0.473. The van der Waals surface area contributed by atoms with E-state index in [4.69, 9.17) is 20.0 Å². The van der Waals surface area contributed by atoms with Crippen molar-refractivity contribution in [2.45, 2.75) is 11.5 Å². The lowest BCUT2D eigenvalue weighted by molar-refractivity contribution is -0.148. The molecule has 3 rings (SSSR count). The quantitative estimate of drug-likeness (QED) is 0.706. The summed E-state index contributed by atoms with van der Waals surface area (Å²) in [5.74, 6) is -1.63. The molecule has 0 saturated carbocycles. The number of carbonyl (C=O) groups is 1. The number of benzene rings is 1. The van der Waals surface area contributed by atoms with Gasteiger partial charge in [0.05, 0.1) is 24.1 Å². The molecule has 1 aromatic heterocycles. The number of ether oxygens (including phenoxy) is 1. The van der Waals surface area contributed by atoms with Crippen LogP contribution >= 0.6 is 0 Å². The number of aromatic nitrogens is 1. The van der Waals surface area contributed by atoms with Crippen molar-refractivity contribution in [3.05, 3.63) is 34.3 Å². The molecule has 0 aliphatic carbocycles. The molecule has 2 aromatic rings. The van der Waals surface area contributed by atoms with Crippen LogP contribution in [0.3, 0.4) is 0 Å². The molecular weight excluding hydrogens is 252 g/mol. The van der Waals surface area contributed by atoms with Gasteiger partial charge in [-0.15, -0.1) is 0 Å². The van der Waals surface area contributed by atoms with Gasteiger partial charge in [0.25, 0.3) is 0 Å². The van der Waals surface area contributed by atoms with Gasteiger partial charge in [-0.2, -0.15) is 0 Å². The average Bonchev–Trinajstić information content (AvgIpc) is 2.66. The maximum Gasteiger partial charge on any atom is 0.417 e. The van der Waals surface area contributed by atoms with E-state index in [2.05, 4.69) is 4.98 Å². The Morgan fingerprint density at radius 1 is 1.47 bits per heavy atom. The number of H-pyrrole nitrogens is 1. The molecule has 4 N–H and O–H groups in total. The summed E-state index contributed by atoms with van der Waals surface area (Å²) in [5.41, 5.74) is 6.63. The maximum atomic E-state index is 11.1. The van der Waals surface area contributed by atoms with Gasteiger partial charge in [0, 0.05) is 0 Å². The van der Waals surface area contributed by atoms with Crippen LogP contribution in [-0.2, 0) is 14.9 Å². The summed E-state index contributed by atoms with van der Waals surface area (Å²) in [4.78, 5) is 24.8. The first-order chi connectivity index (χ1) is 9.03. The number of carboxylic acid groups (broad SMARTS) is 1. The summed E-state index contributed by atoms with van der Waals surface area (Å²) in [6, 6.07) is 3.98. The minimum atomic E-state index is -1.08. The predicted octanol–water partition coefficient (Wildman–Crippen LogP) is -0.199. The number of fused-ring (bicyclic) bond motifs is 1. The van der Waals surface area contributed by atoms with Crippen LogP contribution in [-0.4, -0.2) is 35.3 Å². The minimum absolute atomic E-state index is 0.237. The fourth-order valence-corrected chi connectivity index (χ4v) is 2.34. The van der Waals surface area contributed by atoms with Crippen LogP contribution in [0.1, 0.15) is 5.56 Å². The third kappa shape index (κ3) is 1.66. The van der Waals surface area contributed by atoms with Gasteiger partial charge in [0.15, 0.2) is 5.58 Å². The molecule has 1 unspecified atom stereocenters. The molecule has 0 bridgehead atoms. The summed E-state index contributed by atoms with van der Waals surface area (Å²) in [6.07, 6.45) is 0. The molecule has 1 aliphatic heterocycles. The van der Waals surface area contributed by atoms with Crippen LogP contribution in [0.15, 0.2) is 27.4 Å². The number of hydrogen-bond acceptors (Lipinski definition) is 5. The highest BCUT2D eigenvalue weighted by Crippen LogP contribution is 2.36. The van der Waals surface area contributed by atoms with Gasteiger partial charge in [0.1, 0.15) is 6.04 Å². The SMILES string of the molecule is NC(C(=O)O)C1(c2ccc3[nH]c(=O)oc3c2)COC1. The molecule has 1 fully saturated rings. The molecule has 1 aliphatic rings. The van der Waals surface area contributed by atoms with E-state index in [0.29, 0.717) is 16.7 Å². The zero-order valence-electron chi connectivity index (χ0n) is 9.88. The largest absolute Gasteiger partial charge is 0.480 e. The predicted molar refractivity (Wildman–Crippen MR) is 64.9 cm³/mol. The highest BCUT2D eigenvalue weighted by Gasteiger charge is 2.49. The molecule has 2 heterocycles. The number of aromatic amines is 1. The van der Waals surface area contributed by atoms with Crippen molar-refractivity contribution in [3.8, 4) is 0 Å². The highest BCUT2D eigenvalue weighted by molar-refractivity contribution is 5.78. The van der Waals surface area contributed by atoms with Crippen molar-refractivity contribution in [2.24, 2.45) is 5.73 Å². The lowest BCUT2D eigenvalue weighted by atomic mass is 9.72. The van der Waals surface area contributed by atoms with E-state index in [-0.39, 0.29) is 13.2 Å². The Kier molecular flexibility index (Phi) is 2.48. The van der Waals surface area contributed by atoms with Gasteiger partial charge >= 0.3 is 11.7 Å². The number of nitrogens with two attached hydrogens (primary N) is 1. The molecule has 19 heavy (non-hydrogen) atoms. The fourth-order valence-electron chi connectivity index (χ4n) is 2.34. The number of carboxylic acids is 1. The summed E-state index contributed by atoms with van der Waals surface area (Å²) in [5, 5.41) is 9.10. The zero-order valence-corrected chi connectivity index (χ0v) is 9.88. The molecule has 1 atom stereocenters. The first kappa shape index (κ1) is 11.9. The molecule has 7 nitrogen and oxygen atoms in total. The first-order valence-electron chi connectivity index (χ1n) is 5.72. The monoisotopic (exact) mass is 264 g/mol. The Morgan fingerprint density at radius 3 is 2.79 bits per heavy atom. The van der Waals surface area contributed by atoms with Gasteiger partial charge in [-0.1, -0.05) is 6.07 Å². The van der Waals surface area contributed by atoms with E-state index in [1.54, 1.807) is 18.2 Å². The van der Waals surface area contributed by atoms with Gasteiger partial charge in [-0.3, -0.25) is 9.78 Å². The normalized spacial score (nSPS) is 19.0. The topological polar surface area (TPSA) is 119 Å². The Bertz CT molecular complexity index is 697. The third-order valence-electron chi connectivity index (χ3n) is 3.58. The second-order valence-electron chi connectivity index (χ2n) is 4.69. The average molecular weight is 264 g/mol. The van der Waals surface area contributed by atoms with Crippen molar-refractivity contribution >= 4 is 17.1 Å². The first-order valence-corrected chi connectivity index (χ1v) is 5.72. The van der Waals surface area contributed by atoms with Crippen molar-refractivity contribution in [1.29, 1.82) is 0 Å². The molecule has 0 spiro atoms. The number of aliphatic carboxylic acids is 1. The molecule has 1 saturated heterocycles. The van der Waals surface area contributed by atoms with Crippen molar-refractivity contribution < 1.29 is 19.1 Å².